The van der Waals surface area contributed by atoms with Gasteiger partial charge in [-0.3, -0.25) is 4.79 Å². The molecule has 3 rings (SSSR count). The number of thiophene rings is 1. The maximum atomic E-state index is 11.9. The van der Waals surface area contributed by atoms with E-state index < -0.39 is 5.97 Å². The smallest absolute Gasteiger partial charge is 0.358 e. The molecule has 0 spiro atoms. The Balaban J connectivity index is 1.57. The van der Waals surface area contributed by atoms with E-state index in [1.54, 1.807) is 21.6 Å². The molecule has 1 aliphatic heterocycles. The van der Waals surface area contributed by atoms with Crippen molar-refractivity contribution >= 4 is 34.6 Å². The second-order valence-electron chi connectivity index (χ2n) is 4.68. The van der Waals surface area contributed by atoms with Crippen LogP contribution in [-0.2, 0) is 9.53 Å². The largest absolute Gasteiger partial charge is 0.451 e. The van der Waals surface area contributed by atoms with Gasteiger partial charge in [0.15, 0.2) is 12.3 Å². The summed E-state index contributed by atoms with van der Waals surface area (Å²) >= 11 is 2.97. The number of carbonyl (C=O) groups excluding carboxylic acids is 2. The van der Waals surface area contributed by atoms with Crippen molar-refractivity contribution in [2.45, 2.75) is 12.8 Å². The fourth-order valence-corrected chi connectivity index (χ4v) is 3.74. The summed E-state index contributed by atoms with van der Waals surface area (Å²) in [5, 5.41) is 4.42. The molecular formula is C14H14N2O3S2. The predicted octanol–water partition coefficient (Wildman–Crippen LogP) is 2.65. The molecule has 1 saturated heterocycles. The molecule has 0 radical (unpaired) electrons. The highest BCUT2D eigenvalue weighted by Crippen LogP contribution is 2.27. The van der Waals surface area contributed by atoms with Crippen molar-refractivity contribution in [1.29, 1.82) is 0 Å². The van der Waals surface area contributed by atoms with Gasteiger partial charge in [0.25, 0.3) is 5.91 Å². The van der Waals surface area contributed by atoms with Gasteiger partial charge in [-0.1, -0.05) is 6.07 Å². The lowest BCUT2D eigenvalue weighted by molar-refractivity contribution is -0.133. The van der Waals surface area contributed by atoms with Crippen molar-refractivity contribution in [2.24, 2.45) is 0 Å². The maximum Gasteiger partial charge on any atom is 0.358 e. The molecule has 2 aromatic heterocycles. The molecule has 3 heterocycles. The number of ether oxygens (including phenoxy) is 1. The van der Waals surface area contributed by atoms with Crippen LogP contribution in [0.2, 0.25) is 0 Å². The molecule has 0 aliphatic carbocycles. The van der Waals surface area contributed by atoms with Crippen LogP contribution in [0.3, 0.4) is 0 Å². The highest BCUT2D eigenvalue weighted by atomic mass is 32.1. The first-order valence-corrected chi connectivity index (χ1v) is 8.44. The fraction of sp³-hybridized carbons (Fsp3) is 0.357. The Morgan fingerprint density at radius 3 is 2.81 bits per heavy atom. The lowest BCUT2D eigenvalue weighted by Crippen LogP contribution is -2.32. The molecular weight excluding hydrogens is 308 g/mol. The van der Waals surface area contributed by atoms with Crippen molar-refractivity contribution in [3.8, 4) is 9.88 Å². The molecule has 1 amide bonds. The summed E-state index contributed by atoms with van der Waals surface area (Å²) in [5.41, 5.74) is 0.262. The summed E-state index contributed by atoms with van der Waals surface area (Å²) in [4.78, 5) is 30.7. The number of rotatable bonds is 4. The second-order valence-corrected chi connectivity index (χ2v) is 6.49. The molecule has 7 heteroatoms. The van der Waals surface area contributed by atoms with Crippen LogP contribution < -0.4 is 0 Å². The number of hydrogen-bond acceptors (Lipinski definition) is 6. The second kappa shape index (κ2) is 6.36. The third-order valence-corrected chi connectivity index (χ3v) is 5.11. The standard InChI is InChI=1S/C14H14N2O3S2/c17-12(16-5-1-2-6-16)8-19-14(18)10-9-21-13(15-10)11-4-3-7-20-11/h3-4,7,9H,1-2,5-6,8H2. The molecule has 0 bridgehead atoms. The topological polar surface area (TPSA) is 59.5 Å². The van der Waals surface area contributed by atoms with E-state index in [9.17, 15) is 9.59 Å². The van der Waals surface area contributed by atoms with Crippen LogP contribution in [0.25, 0.3) is 9.88 Å². The van der Waals surface area contributed by atoms with E-state index in [0.717, 1.165) is 35.8 Å². The van der Waals surface area contributed by atoms with Gasteiger partial charge in [0, 0.05) is 18.5 Å². The van der Waals surface area contributed by atoms with E-state index in [0.29, 0.717) is 0 Å². The van der Waals surface area contributed by atoms with Gasteiger partial charge in [-0.2, -0.15) is 0 Å². The summed E-state index contributed by atoms with van der Waals surface area (Å²) < 4.78 is 5.05. The minimum Gasteiger partial charge on any atom is -0.451 e. The third kappa shape index (κ3) is 3.30. The van der Waals surface area contributed by atoms with E-state index in [1.165, 1.54) is 11.3 Å². The van der Waals surface area contributed by atoms with Gasteiger partial charge in [-0.15, -0.1) is 22.7 Å². The van der Waals surface area contributed by atoms with Crippen LogP contribution in [0.1, 0.15) is 23.3 Å². The highest BCUT2D eigenvalue weighted by molar-refractivity contribution is 7.20. The molecule has 0 saturated carbocycles. The average Bonchev–Trinajstić information content (AvgIpc) is 3.25. The molecule has 0 N–H and O–H groups in total. The van der Waals surface area contributed by atoms with E-state index in [-0.39, 0.29) is 18.2 Å². The summed E-state index contributed by atoms with van der Waals surface area (Å²) in [6.07, 6.45) is 2.05. The Morgan fingerprint density at radius 1 is 1.29 bits per heavy atom. The lowest BCUT2D eigenvalue weighted by atomic mass is 10.4. The fourth-order valence-electron chi connectivity index (χ4n) is 2.14. The molecule has 5 nitrogen and oxygen atoms in total. The summed E-state index contributed by atoms with van der Waals surface area (Å²) in [6.45, 7) is 1.32. The molecule has 0 aromatic carbocycles. The van der Waals surface area contributed by atoms with Gasteiger partial charge in [-0.25, -0.2) is 9.78 Å². The lowest BCUT2D eigenvalue weighted by Gasteiger charge is -2.14. The van der Waals surface area contributed by atoms with Gasteiger partial charge in [0.2, 0.25) is 0 Å². The van der Waals surface area contributed by atoms with E-state index in [1.807, 2.05) is 17.5 Å². The molecule has 1 aliphatic rings. The van der Waals surface area contributed by atoms with Crippen LogP contribution >= 0.6 is 22.7 Å². The van der Waals surface area contributed by atoms with Crippen LogP contribution in [0.15, 0.2) is 22.9 Å². The molecule has 1 fully saturated rings. The van der Waals surface area contributed by atoms with Crippen LogP contribution in [-0.4, -0.2) is 41.5 Å². The first kappa shape index (κ1) is 14.2. The van der Waals surface area contributed by atoms with Crippen LogP contribution in [0, 0.1) is 0 Å². The van der Waals surface area contributed by atoms with Crippen molar-refractivity contribution in [2.75, 3.05) is 19.7 Å². The van der Waals surface area contributed by atoms with Crippen LogP contribution in [0.5, 0.6) is 0 Å². The van der Waals surface area contributed by atoms with Crippen molar-refractivity contribution in [1.82, 2.24) is 9.88 Å². The van der Waals surface area contributed by atoms with Crippen molar-refractivity contribution < 1.29 is 14.3 Å². The molecule has 21 heavy (non-hydrogen) atoms. The quantitative estimate of drug-likeness (QED) is 0.812. The first-order valence-electron chi connectivity index (χ1n) is 6.68. The minimum atomic E-state index is -0.540. The van der Waals surface area contributed by atoms with Gasteiger partial charge >= 0.3 is 5.97 Å². The van der Waals surface area contributed by atoms with E-state index >= 15 is 0 Å². The predicted molar refractivity (Wildman–Crippen MR) is 81.5 cm³/mol. The Bertz CT molecular complexity index is 630. The number of nitrogens with zero attached hydrogens (tertiary/aromatic N) is 2. The Labute approximate surface area is 130 Å². The van der Waals surface area contributed by atoms with E-state index in [4.69, 9.17) is 4.74 Å². The average molecular weight is 322 g/mol. The van der Waals surface area contributed by atoms with Crippen molar-refractivity contribution in [3.05, 3.63) is 28.6 Å². The number of carbonyl (C=O) groups is 2. The number of thiazole rings is 1. The van der Waals surface area contributed by atoms with Gasteiger partial charge in [-0.05, 0) is 24.3 Å². The van der Waals surface area contributed by atoms with Gasteiger partial charge in [0.1, 0.15) is 5.01 Å². The van der Waals surface area contributed by atoms with Crippen LogP contribution in [0.4, 0.5) is 0 Å². The Kier molecular flexibility index (Phi) is 4.31. The zero-order valence-electron chi connectivity index (χ0n) is 11.3. The maximum absolute atomic E-state index is 11.9. The monoisotopic (exact) mass is 322 g/mol. The third-order valence-electron chi connectivity index (χ3n) is 3.23. The first-order chi connectivity index (χ1) is 10.2. The summed E-state index contributed by atoms with van der Waals surface area (Å²) in [7, 11) is 0. The SMILES string of the molecule is O=C(OCC(=O)N1CCCC1)c1csc(-c2cccs2)n1. The zero-order valence-corrected chi connectivity index (χ0v) is 12.9. The molecule has 0 unspecified atom stereocenters. The molecule has 110 valence electrons. The van der Waals surface area contributed by atoms with Gasteiger partial charge in [0.05, 0.1) is 4.88 Å². The number of amides is 1. The molecule has 2 aromatic rings. The number of aromatic nitrogens is 1. The number of likely N-dealkylation sites (tertiary alicyclic amines) is 1. The van der Waals surface area contributed by atoms with Gasteiger partial charge < -0.3 is 9.64 Å². The zero-order chi connectivity index (χ0) is 14.7. The summed E-state index contributed by atoms with van der Waals surface area (Å²) in [5.74, 6) is -0.670. The van der Waals surface area contributed by atoms with E-state index in [2.05, 4.69) is 4.98 Å². The summed E-state index contributed by atoms with van der Waals surface area (Å²) in [6, 6.07) is 3.89. The normalized spacial score (nSPS) is 14.4. The minimum absolute atomic E-state index is 0.130. The molecule has 0 atom stereocenters. The number of esters is 1. The number of hydrogen-bond donors (Lipinski definition) is 0. The van der Waals surface area contributed by atoms with Crippen molar-refractivity contribution in [3.63, 3.8) is 0 Å². The Morgan fingerprint density at radius 2 is 2.10 bits per heavy atom. The Hall–Kier alpha value is -1.73. The highest BCUT2D eigenvalue weighted by Gasteiger charge is 2.20.